The summed E-state index contributed by atoms with van der Waals surface area (Å²) < 4.78 is 5.31. The van der Waals surface area contributed by atoms with E-state index in [4.69, 9.17) is 4.42 Å². The Bertz CT molecular complexity index is 439. The molecule has 0 radical (unpaired) electrons. The molecule has 0 spiro atoms. The van der Waals surface area contributed by atoms with Crippen molar-refractivity contribution in [3.63, 3.8) is 0 Å². The monoisotopic (exact) mass is 219 g/mol. The Hall–Kier alpha value is -1.55. The number of aromatic nitrogens is 1. The van der Waals surface area contributed by atoms with E-state index in [1.165, 1.54) is 0 Å². The lowest BCUT2D eigenvalue weighted by atomic mass is 10.3. The van der Waals surface area contributed by atoms with E-state index < -0.39 is 0 Å². The lowest BCUT2D eigenvalue weighted by Crippen LogP contribution is -2.23. The van der Waals surface area contributed by atoms with Crippen LogP contribution >= 0.6 is 0 Å². The number of hydrogen-bond donors (Lipinski definition) is 2. The van der Waals surface area contributed by atoms with Gasteiger partial charge in [-0.2, -0.15) is 0 Å². The molecule has 0 aliphatic heterocycles. The SMILES string of the molecule is CCCNCCNc1nccc2occc12. The highest BCUT2D eigenvalue weighted by molar-refractivity contribution is 5.87. The van der Waals surface area contributed by atoms with Gasteiger partial charge in [0.15, 0.2) is 0 Å². The van der Waals surface area contributed by atoms with Crippen LogP contribution in [-0.2, 0) is 0 Å². The van der Waals surface area contributed by atoms with Gasteiger partial charge < -0.3 is 15.1 Å². The number of nitrogens with zero attached hydrogens (tertiary/aromatic N) is 1. The largest absolute Gasteiger partial charge is 0.464 e. The first-order valence-corrected chi connectivity index (χ1v) is 5.68. The lowest BCUT2D eigenvalue weighted by Gasteiger charge is -2.06. The fraction of sp³-hybridized carbons (Fsp3) is 0.417. The van der Waals surface area contributed by atoms with Gasteiger partial charge in [0.05, 0.1) is 11.6 Å². The molecule has 0 aliphatic rings. The molecule has 4 heteroatoms. The van der Waals surface area contributed by atoms with Crippen LogP contribution in [0.5, 0.6) is 0 Å². The average molecular weight is 219 g/mol. The Morgan fingerprint density at radius 3 is 3.06 bits per heavy atom. The third kappa shape index (κ3) is 2.52. The lowest BCUT2D eigenvalue weighted by molar-refractivity contribution is 0.615. The third-order valence-electron chi connectivity index (χ3n) is 2.40. The summed E-state index contributed by atoms with van der Waals surface area (Å²) in [5.74, 6) is 0.893. The summed E-state index contributed by atoms with van der Waals surface area (Å²) in [4.78, 5) is 4.30. The van der Waals surface area contributed by atoms with E-state index in [-0.39, 0.29) is 0 Å². The second kappa shape index (κ2) is 5.51. The van der Waals surface area contributed by atoms with Crippen molar-refractivity contribution >= 4 is 16.8 Å². The molecule has 2 N–H and O–H groups in total. The van der Waals surface area contributed by atoms with Crippen LogP contribution in [0.25, 0.3) is 11.0 Å². The molecular formula is C12H17N3O. The third-order valence-corrected chi connectivity index (χ3v) is 2.40. The van der Waals surface area contributed by atoms with E-state index in [9.17, 15) is 0 Å². The molecule has 16 heavy (non-hydrogen) atoms. The first-order chi connectivity index (χ1) is 7.92. The summed E-state index contributed by atoms with van der Waals surface area (Å²) >= 11 is 0. The van der Waals surface area contributed by atoms with Gasteiger partial charge in [0, 0.05) is 19.3 Å². The number of furan rings is 1. The number of pyridine rings is 1. The van der Waals surface area contributed by atoms with E-state index in [0.717, 1.165) is 42.8 Å². The first kappa shape index (κ1) is 11.0. The quantitative estimate of drug-likeness (QED) is 0.731. The van der Waals surface area contributed by atoms with Gasteiger partial charge in [-0.3, -0.25) is 0 Å². The highest BCUT2D eigenvalue weighted by atomic mass is 16.3. The molecule has 2 heterocycles. The first-order valence-electron chi connectivity index (χ1n) is 5.68. The Morgan fingerprint density at radius 1 is 1.25 bits per heavy atom. The number of nitrogens with one attached hydrogen (secondary N) is 2. The zero-order valence-electron chi connectivity index (χ0n) is 9.49. The molecule has 0 atom stereocenters. The number of hydrogen-bond acceptors (Lipinski definition) is 4. The smallest absolute Gasteiger partial charge is 0.139 e. The molecule has 0 amide bonds. The van der Waals surface area contributed by atoms with Crippen molar-refractivity contribution in [2.24, 2.45) is 0 Å². The zero-order valence-corrected chi connectivity index (χ0v) is 9.49. The van der Waals surface area contributed by atoms with Crippen LogP contribution in [0.3, 0.4) is 0 Å². The summed E-state index contributed by atoms with van der Waals surface area (Å²) in [5, 5.41) is 7.67. The minimum atomic E-state index is 0.872. The van der Waals surface area contributed by atoms with Crippen molar-refractivity contribution in [3.05, 3.63) is 24.6 Å². The normalized spacial score (nSPS) is 10.8. The summed E-state index contributed by atoms with van der Waals surface area (Å²) in [5.41, 5.74) is 0.874. The van der Waals surface area contributed by atoms with Crippen LogP contribution in [0.4, 0.5) is 5.82 Å². The van der Waals surface area contributed by atoms with Crippen LogP contribution in [0, 0.1) is 0 Å². The van der Waals surface area contributed by atoms with Crippen molar-refractivity contribution in [2.75, 3.05) is 25.0 Å². The van der Waals surface area contributed by atoms with E-state index in [1.807, 2.05) is 12.1 Å². The molecule has 0 unspecified atom stereocenters. The second-order valence-electron chi connectivity index (χ2n) is 3.67. The van der Waals surface area contributed by atoms with E-state index >= 15 is 0 Å². The molecule has 0 bridgehead atoms. The fourth-order valence-electron chi connectivity index (χ4n) is 1.61. The van der Waals surface area contributed by atoms with Crippen LogP contribution in [0.2, 0.25) is 0 Å². The van der Waals surface area contributed by atoms with Crippen LogP contribution in [0.1, 0.15) is 13.3 Å². The van der Waals surface area contributed by atoms with Gasteiger partial charge in [-0.15, -0.1) is 0 Å². The maximum atomic E-state index is 5.31. The fourth-order valence-corrected chi connectivity index (χ4v) is 1.61. The number of rotatable bonds is 6. The molecule has 86 valence electrons. The van der Waals surface area contributed by atoms with Gasteiger partial charge in [0.2, 0.25) is 0 Å². The molecule has 2 aromatic rings. The maximum absolute atomic E-state index is 5.31. The predicted molar refractivity (Wildman–Crippen MR) is 65.7 cm³/mol. The topological polar surface area (TPSA) is 50.1 Å². The molecule has 0 aliphatic carbocycles. The Labute approximate surface area is 95.1 Å². The molecular weight excluding hydrogens is 202 g/mol. The molecule has 0 aromatic carbocycles. The van der Waals surface area contributed by atoms with Crippen LogP contribution in [-0.4, -0.2) is 24.6 Å². The highest BCUT2D eigenvalue weighted by Gasteiger charge is 2.02. The van der Waals surface area contributed by atoms with Crippen molar-refractivity contribution < 1.29 is 4.42 Å². The highest BCUT2D eigenvalue weighted by Crippen LogP contribution is 2.21. The summed E-state index contributed by atoms with van der Waals surface area (Å²) in [6.07, 6.45) is 4.61. The van der Waals surface area contributed by atoms with E-state index in [2.05, 4.69) is 22.5 Å². The van der Waals surface area contributed by atoms with Crippen molar-refractivity contribution in [1.29, 1.82) is 0 Å². The zero-order chi connectivity index (χ0) is 11.2. The molecule has 2 rings (SSSR count). The van der Waals surface area contributed by atoms with Gasteiger partial charge >= 0.3 is 0 Å². The Balaban J connectivity index is 1.91. The molecule has 4 nitrogen and oxygen atoms in total. The van der Waals surface area contributed by atoms with E-state index in [0.29, 0.717) is 0 Å². The minimum absolute atomic E-state index is 0.872. The Kier molecular flexibility index (Phi) is 3.77. The van der Waals surface area contributed by atoms with Gasteiger partial charge in [-0.1, -0.05) is 6.92 Å². The standard InChI is InChI=1S/C12H17N3O/c1-2-5-13-7-8-15-12-10-4-9-16-11(10)3-6-14-12/h3-4,6,9,13H,2,5,7-8H2,1H3,(H,14,15). The maximum Gasteiger partial charge on any atom is 0.139 e. The average Bonchev–Trinajstić information content (AvgIpc) is 2.77. The summed E-state index contributed by atoms with van der Waals surface area (Å²) in [7, 11) is 0. The van der Waals surface area contributed by atoms with Crippen LogP contribution in [0.15, 0.2) is 29.0 Å². The summed E-state index contributed by atoms with van der Waals surface area (Å²) in [6, 6.07) is 3.81. The van der Waals surface area contributed by atoms with E-state index in [1.54, 1.807) is 12.5 Å². The molecule has 0 saturated heterocycles. The van der Waals surface area contributed by atoms with Gasteiger partial charge in [-0.25, -0.2) is 4.98 Å². The van der Waals surface area contributed by atoms with Crippen molar-refractivity contribution in [2.45, 2.75) is 13.3 Å². The molecule has 2 aromatic heterocycles. The predicted octanol–water partition coefficient (Wildman–Crippen LogP) is 2.24. The van der Waals surface area contributed by atoms with Crippen molar-refractivity contribution in [1.82, 2.24) is 10.3 Å². The molecule has 0 saturated carbocycles. The molecule has 0 fully saturated rings. The Morgan fingerprint density at radius 2 is 2.19 bits per heavy atom. The second-order valence-corrected chi connectivity index (χ2v) is 3.67. The van der Waals surface area contributed by atoms with Gasteiger partial charge in [0.25, 0.3) is 0 Å². The minimum Gasteiger partial charge on any atom is -0.464 e. The van der Waals surface area contributed by atoms with Gasteiger partial charge in [0.1, 0.15) is 11.4 Å². The number of anilines is 1. The summed E-state index contributed by atoms with van der Waals surface area (Å²) in [6.45, 7) is 5.04. The van der Waals surface area contributed by atoms with Crippen LogP contribution < -0.4 is 10.6 Å². The number of fused-ring (bicyclic) bond motifs is 1. The van der Waals surface area contributed by atoms with Gasteiger partial charge in [-0.05, 0) is 25.1 Å². The van der Waals surface area contributed by atoms with Crippen molar-refractivity contribution in [3.8, 4) is 0 Å².